The van der Waals surface area contributed by atoms with Gasteiger partial charge in [0.25, 0.3) is 0 Å². The minimum Gasteiger partial charge on any atom is -0.356 e. The summed E-state index contributed by atoms with van der Waals surface area (Å²) in [6.45, 7) is 2.67. The maximum Gasteiger partial charge on any atom is 0.223 e. The number of halogens is 1. The van der Waals surface area contributed by atoms with E-state index in [4.69, 9.17) is 0 Å². The van der Waals surface area contributed by atoms with Gasteiger partial charge in [-0.2, -0.15) is 0 Å². The molecule has 0 aromatic heterocycles. The molecular formula is C18H26FNO. The predicted octanol–water partition coefficient (Wildman–Crippen LogP) is 4.09. The molecule has 0 aliphatic heterocycles. The van der Waals surface area contributed by atoms with Gasteiger partial charge in [0.2, 0.25) is 5.91 Å². The number of rotatable bonds is 7. The summed E-state index contributed by atoms with van der Waals surface area (Å²) in [5, 5.41) is 3.01. The van der Waals surface area contributed by atoms with E-state index in [9.17, 15) is 9.18 Å². The van der Waals surface area contributed by atoms with Crippen molar-refractivity contribution in [3.05, 3.63) is 35.6 Å². The lowest BCUT2D eigenvalue weighted by atomic mass is 9.99. The van der Waals surface area contributed by atoms with E-state index >= 15 is 0 Å². The van der Waals surface area contributed by atoms with Gasteiger partial charge in [0, 0.05) is 12.5 Å². The molecule has 1 atom stereocenters. The second kappa shape index (κ2) is 8.16. The van der Waals surface area contributed by atoms with E-state index in [1.165, 1.54) is 44.2 Å². The molecule has 0 saturated heterocycles. The Morgan fingerprint density at radius 1 is 1.38 bits per heavy atom. The first-order valence-electron chi connectivity index (χ1n) is 8.17. The van der Waals surface area contributed by atoms with E-state index < -0.39 is 0 Å². The zero-order chi connectivity index (χ0) is 15.1. The van der Waals surface area contributed by atoms with Gasteiger partial charge in [-0.3, -0.25) is 4.79 Å². The third-order valence-corrected chi connectivity index (χ3v) is 4.44. The molecule has 1 amide bonds. The SMILES string of the molecule is CC(Cc1cccc(F)c1)C(=O)NCCCC1CCCC1. The number of carbonyl (C=O) groups is 1. The Morgan fingerprint density at radius 2 is 2.14 bits per heavy atom. The maximum atomic E-state index is 13.1. The molecule has 116 valence electrons. The topological polar surface area (TPSA) is 29.1 Å². The van der Waals surface area contributed by atoms with Crippen LogP contribution >= 0.6 is 0 Å². The van der Waals surface area contributed by atoms with E-state index in [2.05, 4.69) is 5.32 Å². The largest absolute Gasteiger partial charge is 0.356 e. The van der Waals surface area contributed by atoms with Crippen LogP contribution in [0.4, 0.5) is 4.39 Å². The van der Waals surface area contributed by atoms with E-state index in [-0.39, 0.29) is 17.6 Å². The number of hydrogen-bond acceptors (Lipinski definition) is 1. The second-order valence-corrected chi connectivity index (χ2v) is 6.32. The molecule has 0 radical (unpaired) electrons. The highest BCUT2D eigenvalue weighted by atomic mass is 19.1. The predicted molar refractivity (Wildman–Crippen MR) is 83.5 cm³/mol. The van der Waals surface area contributed by atoms with Crippen molar-refractivity contribution in [3.63, 3.8) is 0 Å². The lowest BCUT2D eigenvalue weighted by molar-refractivity contribution is -0.124. The van der Waals surface area contributed by atoms with Crippen LogP contribution in [0.2, 0.25) is 0 Å². The highest BCUT2D eigenvalue weighted by molar-refractivity contribution is 5.78. The number of nitrogens with one attached hydrogen (secondary N) is 1. The Morgan fingerprint density at radius 3 is 2.86 bits per heavy atom. The first-order chi connectivity index (χ1) is 10.1. The molecule has 1 N–H and O–H groups in total. The minimum absolute atomic E-state index is 0.0747. The standard InChI is InChI=1S/C18H26FNO/c1-14(12-16-8-4-10-17(19)13-16)18(21)20-11-5-9-15-6-2-3-7-15/h4,8,10,13-15H,2-3,5-7,9,11-12H2,1H3,(H,20,21). The lowest BCUT2D eigenvalue weighted by Crippen LogP contribution is -2.31. The molecule has 0 bridgehead atoms. The summed E-state index contributed by atoms with van der Waals surface area (Å²) in [6.07, 6.45) is 8.38. The number of hydrogen-bond donors (Lipinski definition) is 1. The van der Waals surface area contributed by atoms with E-state index in [0.29, 0.717) is 6.42 Å². The molecule has 2 nitrogen and oxygen atoms in total. The zero-order valence-corrected chi connectivity index (χ0v) is 12.9. The molecule has 2 rings (SSSR count). The summed E-state index contributed by atoms with van der Waals surface area (Å²) < 4.78 is 13.1. The van der Waals surface area contributed by atoms with Crippen molar-refractivity contribution in [1.29, 1.82) is 0 Å². The van der Waals surface area contributed by atoms with Crippen LogP contribution in [-0.4, -0.2) is 12.5 Å². The molecule has 1 aromatic carbocycles. The Labute approximate surface area is 127 Å². The third-order valence-electron chi connectivity index (χ3n) is 4.44. The quantitative estimate of drug-likeness (QED) is 0.753. The average molecular weight is 291 g/mol. The van der Waals surface area contributed by atoms with E-state index in [1.54, 1.807) is 6.07 Å². The van der Waals surface area contributed by atoms with Crippen LogP contribution in [0.15, 0.2) is 24.3 Å². The summed E-state index contributed by atoms with van der Waals surface area (Å²) in [5.41, 5.74) is 0.878. The van der Waals surface area contributed by atoms with Crippen molar-refractivity contribution >= 4 is 5.91 Å². The fourth-order valence-corrected chi connectivity index (χ4v) is 3.19. The Balaban J connectivity index is 1.65. The first-order valence-corrected chi connectivity index (χ1v) is 8.17. The maximum absolute atomic E-state index is 13.1. The second-order valence-electron chi connectivity index (χ2n) is 6.32. The van der Waals surface area contributed by atoms with Gasteiger partial charge in [-0.15, -0.1) is 0 Å². The lowest BCUT2D eigenvalue weighted by Gasteiger charge is -2.13. The molecule has 1 aromatic rings. The van der Waals surface area contributed by atoms with Crippen molar-refractivity contribution in [2.24, 2.45) is 11.8 Å². The Hall–Kier alpha value is -1.38. The van der Waals surface area contributed by atoms with Crippen LogP contribution in [0.3, 0.4) is 0 Å². The van der Waals surface area contributed by atoms with Gasteiger partial charge in [-0.1, -0.05) is 44.7 Å². The Kier molecular flexibility index (Phi) is 6.21. The Bertz CT molecular complexity index is 454. The van der Waals surface area contributed by atoms with Crippen molar-refractivity contribution < 1.29 is 9.18 Å². The van der Waals surface area contributed by atoms with E-state index in [1.807, 2.05) is 13.0 Å². The number of benzene rings is 1. The number of amides is 1. The van der Waals surface area contributed by atoms with Gasteiger partial charge in [0.05, 0.1) is 0 Å². The van der Waals surface area contributed by atoms with Gasteiger partial charge >= 0.3 is 0 Å². The van der Waals surface area contributed by atoms with Gasteiger partial charge in [0.1, 0.15) is 5.82 Å². The van der Waals surface area contributed by atoms with Gasteiger partial charge in [-0.25, -0.2) is 4.39 Å². The van der Waals surface area contributed by atoms with Gasteiger partial charge in [0.15, 0.2) is 0 Å². The molecule has 1 unspecified atom stereocenters. The van der Waals surface area contributed by atoms with Gasteiger partial charge in [-0.05, 0) is 42.9 Å². The molecule has 0 heterocycles. The molecule has 0 spiro atoms. The summed E-state index contributed by atoms with van der Waals surface area (Å²) in [6, 6.07) is 6.49. The van der Waals surface area contributed by atoms with E-state index in [0.717, 1.165) is 24.4 Å². The summed E-state index contributed by atoms with van der Waals surface area (Å²) in [4.78, 5) is 12.0. The van der Waals surface area contributed by atoms with Crippen LogP contribution < -0.4 is 5.32 Å². The highest BCUT2D eigenvalue weighted by Gasteiger charge is 2.16. The van der Waals surface area contributed by atoms with Gasteiger partial charge < -0.3 is 5.32 Å². The first kappa shape index (κ1) is 16.0. The van der Waals surface area contributed by atoms with Crippen LogP contribution in [0.25, 0.3) is 0 Å². The van der Waals surface area contributed by atoms with Crippen LogP contribution in [0.1, 0.15) is 51.0 Å². The van der Waals surface area contributed by atoms with Crippen LogP contribution in [0, 0.1) is 17.7 Å². The molecule has 1 fully saturated rings. The fraction of sp³-hybridized carbons (Fsp3) is 0.611. The van der Waals surface area contributed by atoms with Crippen LogP contribution in [0.5, 0.6) is 0 Å². The monoisotopic (exact) mass is 291 g/mol. The van der Waals surface area contributed by atoms with Crippen molar-refractivity contribution in [3.8, 4) is 0 Å². The van der Waals surface area contributed by atoms with Crippen LogP contribution in [-0.2, 0) is 11.2 Å². The molecule has 1 aliphatic rings. The average Bonchev–Trinajstić information content (AvgIpc) is 2.96. The molecular weight excluding hydrogens is 265 g/mol. The normalized spacial score (nSPS) is 16.9. The molecule has 1 aliphatic carbocycles. The smallest absolute Gasteiger partial charge is 0.223 e. The third kappa shape index (κ3) is 5.49. The molecule has 21 heavy (non-hydrogen) atoms. The summed E-state index contributed by atoms with van der Waals surface area (Å²) >= 11 is 0. The molecule has 3 heteroatoms. The fourth-order valence-electron chi connectivity index (χ4n) is 3.19. The summed E-state index contributed by atoms with van der Waals surface area (Å²) in [7, 11) is 0. The highest BCUT2D eigenvalue weighted by Crippen LogP contribution is 2.28. The number of carbonyl (C=O) groups excluding carboxylic acids is 1. The summed E-state index contributed by atoms with van der Waals surface area (Å²) in [5.74, 6) is 0.604. The van der Waals surface area contributed by atoms with Crippen molar-refractivity contribution in [2.45, 2.75) is 51.9 Å². The van der Waals surface area contributed by atoms with Crippen molar-refractivity contribution in [1.82, 2.24) is 5.32 Å². The zero-order valence-electron chi connectivity index (χ0n) is 12.9. The minimum atomic E-state index is -0.239. The molecule has 1 saturated carbocycles. The van der Waals surface area contributed by atoms with Crippen molar-refractivity contribution in [2.75, 3.05) is 6.54 Å².